The van der Waals surface area contributed by atoms with E-state index in [1.54, 1.807) is 0 Å². The first-order valence-electron chi connectivity index (χ1n) is 7.12. The molecule has 1 aliphatic rings. The third-order valence-electron chi connectivity index (χ3n) is 3.49. The van der Waals surface area contributed by atoms with E-state index in [-0.39, 0.29) is 10.7 Å². The van der Waals surface area contributed by atoms with Gasteiger partial charge in [-0.25, -0.2) is 0 Å². The van der Waals surface area contributed by atoms with Crippen molar-refractivity contribution in [1.82, 2.24) is 4.90 Å². The van der Waals surface area contributed by atoms with Gasteiger partial charge in [-0.3, -0.25) is 4.79 Å². The number of carbonyl (C=O) groups excluding carboxylic acids is 1. The van der Waals surface area contributed by atoms with Gasteiger partial charge in [-0.2, -0.15) is 0 Å². The van der Waals surface area contributed by atoms with E-state index in [0.717, 1.165) is 34.2 Å². The largest absolute Gasteiger partial charge is 0.303 e. The third kappa shape index (κ3) is 3.86. The molecule has 0 saturated heterocycles. The van der Waals surface area contributed by atoms with E-state index in [1.165, 1.54) is 0 Å². The summed E-state index contributed by atoms with van der Waals surface area (Å²) in [4.78, 5) is 14.7. The Morgan fingerprint density at radius 1 is 1.29 bits per heavy atom. The Morgan fingerprint density at radius 2 is 1.95 bits per heavy atom. The van der Waals surface area contributed by atoms with Crippen LogP contribution in [-0.4, -0.2) is 15.6 Å². The Labute approximate surface area is 143 Å². The van der Waals surface area contributed by atoms with Gasteiger partial charge in [0.25, 0.3) is 5.91 Å². The molecule has 1 unspecified atom stereocenters. The van der Waals surface area contributed by atoms with Gasteiger partial charge in [0.2, 0.25) is 0 Å². The highest BCUT2D eigenvalue weighted by molar-refractivity contribution is 9.11. The van der Waals surface area contributed by atoms with Gasteiger partial charge in [0.15, 0.2) is 0 Å². The quantitative estimate of drug-likeness (QED) is 0.612. The highest BCUT2D eigenvalue weighted by Gasteiger charge is 2.32. The molecule has 0 bridgehead atoms. The SMILES string of the molecule is CCCC(Br)C1=C/C(=C(\C)Br)N(Cc2ccccc2)C1=O. The van der Waals surface area contributed by atoms with E-state index in [2.05, 4.69) is 38.8 Å². The molecule has 1 aromatic carbocycles. The van der Waals surface area contributed by atoms with Crippen molar-refractivity contribution >= 4 is 37.8 Å². The lowest BCUT2D eigenvalue weighted by Gasteiger charge is -2.20. The van der Waals surface area contributed by atoms with Gasteiger partial charge in [0, 0.05) is 14.9 Å². The summed E-state index contributed by atoms with van der Waals surface area (Å²) in [7, 11) is 0. The molecule has 0 spiro atoms. The second-order valence-electron chi connectivity index (χ2n) is 5.15. The number of hydrogen-bond acceptors (Lipinski definition) is 1. The number of amides is 1. The van der Waals surface area contributed by atoms with Gasteiger partial charge in [0.1, 0.15) is 0 Å². The van der Waals surface area contributed by atoms with Crippen LogP contribution in [0.1, 0.15) is 32.3 Å². The van der Waals surface area contributed by atoms with Crippen LogP contribution in [0.15, 0.2) is 52.2 Å². The summed E-state index contributed by atoms with van der Waals surface area (Å²) >= 11 is 7.17. The van der Waals surface area contributed by atoms with Crippen LogP contribution in [0.25, 0.3) is 0 Å². The van der Waals surface area contributed by atoms with E-state index < -0.39 is 0 Å². The molecule has 0 aliphatic carbocycles. The Balaban J connectivity index is 2.27. The Hall–Kier alpha value is -0.870. The molecule has 0 N–H and O–H groups in total. The third-order valence-corrected chi connectivity index (χ3v) is 4.85. The zero-order valence-electron chi connectivity index (χ0n) is 12.3. The molecule has 0 aromatic heterocycles. The summed E-state index contributed by atoms with van der Waals surface area (Å²) in [6.45, 7) is 4.70. The number of rotatable bonds is 5. The molecular formula is C17H19Br2NO. The van der Waals surface area contributed by atoms with Crippen LogP contribution in [0, 0.1) is 0 Å². The van der Waals surface area contributed by atoms with Gasteiger partial charge < -0.3 is 4.90 Å². The first-order chi connectivity index (χ1) is 10.0. The topological polar surface area (TPSA) is 20.3 Å². The highest BCUT2D eigenvalue weighted by atomic mass is 79.9. The number of carbonyl (C=O) groups is 1. The summed E-state index contributed by atoms with van der Waals surface area (Å²) in [5.74, 6) is 0.1000. The molecule has 0 radical (unpaired) electrons. The van der Waals surface area contributed by atoms with Crippen molar-refractivity contribution in [3.05, 3.63) is 57.7 Å². The summed E-state index contributed by atoms with van der Waals surface area (Å²) in [6, 6.07) is 10.1. The normalized spacial score (nSPS) is 18.8. The Bertz CT molecular complexity index is 574. The predicted octanol–water partition coefficient (Wildman–Crippen LogP) is 5.15. The number of nitrogens with zero attached hydrogens (tertiary/aromatic N) is 1. The molecule has 2 nitrogen and oxygen atoms in total. The second kappa shape index (κ2) is 7.41. The van der Waals surface area contributed by atoms with E-state index in [9.17, 15) is 4.79 Å². The van der Waals surface area contributed by atoms with Crippen LogP contribution in [0.4, 0.5) is 0 Å². The number of hydrogen-bond donors (Lipinski definition) is 0. The van der Waals surface area contributed by atoms with Crippen molar-refractivity contribution < 1.29 is 4.79 Å². The fraction of sp³-hybridized carbons (Fsp3) is 0.353. The first-order valence-corrected chi connectivity index (χ1v) is 8.83. The van der Waals surface area contributed by atoms with Crippen molar-refractivity contribution in [1.29, 1.82) is 0 Å². The zero-order chi connectivity index (χ0) is 15.4. The fourth-order valence-corrected chi connectivity index (χ4v) is 3.51. The first kappa shape index (κ1) is 16.5. The van der Waals surface area contributed by atoms with Gasteiger partial charge in [-0.05, 0) is 25.0 Å². The molecule has 1 aromatic rings. The Kier molecular flexibility index (Phi) is 5.82. The average Bonchev–Trinajstić information content (AvgIpc) is 2.78. The minimum absolute atomic E-state index is 0.1000. The monoisotopic (exact) mass is 411 g/mol. The minimum atomic E-state index is 0.1000. The van der Waals surface area contributed by atoms with Gasteiger partial charge >= 0.3 is 0 Å². The molecule has 1 heterocycles. The average molecular weight is 413 g/mol. The van der Waals surface area contributed by atoms with Gasteiger partial charge in [0.05, 0.1) is 12.2 Å². The smallest absolute Gasteiger partial charge is 0.255 e. The molecule has 1 atom stereocenters. The van der Waals surface area contributed by atoms with E-state index in [1.807, 2.05) is 48.2 Å². The van der Waals surface area contributed by atoms with Crippen LogP contribution < -0.4 is 0 Å². The summed E-state index contributed by atoms with van der Waals surface area (Å²) in [6.07, 6.45) is 4.02. The summed E-state index contributed by atoms with van der Waals surface area (Å²) in [5.41, 5.74) is 2.94. The van der Waals surface area contributed by atoms with Crippen LogP contribution in [0.2, 0.25) is 0 Å². The van der Waals surface area contributed by atoms with Crippen molar-refractivity contribution in [3.8, 4) is 0 Å². The molecule has 21 heavy (non-hydrogen) atoms. The van der Waals surface area contributed by atoms with Gasteiger partial charge in [-0.1, -0.05) is 75.5 Å². The standard InChI is InChI=1S/C17H19Br2NO/c1-3-7-15(19)14-10-16(12(2)18)20(17(14)21)11-13-8-5-4-6-9-13/h4-6,8-10,15H,3,7,11H2,1-2H3/b16-12-. The van der Waals surface area contributed by atoms with Crippen LogP contribution >= 0.6 is 31.9 Å². The lowest BCUT2D eigenvalue weighted by Crippen LogP contribution is -2.27. The lowest BCUT2D eigenvalue weighted by atomic mass is 10.1. The molecule has 0 saturated carbocycles. The molecule has 0 fully saturated rings. The number of benzene rings is 1. The molecule has 1 aliphatic heterocycles. The maximum absolute atomic E-state index is 12.7. The van der Waals surface area contributed by atoms with Crippen LogP contribution in [0.3, 0.4) is 0 Å². The summed E-state index contributed by atoms with van der Waals surface area (Å²) < 4.78 is 0.984. The number of allylic oxidation sites excluding steroid dienone is 2. The predicted molar refractivity (Wildman–Crippen MR) is 94.3 cm³/mol. The van der Waals surface area contributed by atoms with E-state index >= 15 is 0 Å². The molecule has 112 valence electrons. The maximum atomic E-state index is 12.7. The zero-order valence-corrected chi connectivity index (χ0v) is 15.4. The molecular weight excluding hydrogens is 394 g/mol. The minimum Gasteiger partial charge on any atom is -0.303 e. The Morgan fingerprint density at radius 3 is 2.52 bits per heavy atom. The molecule has 1 amide bonds. The summed E-state index contributed by atoms with van der Waals surface area (Å²) in [5, 5.41) is 0. The highest BCUT2D eigenvalue weighted by Crippen LogP contribution is 2.33. The van der Waals surface area contributed by atoms with Crippen LogP contribution in [-0.2, 0) is 11.3 Å². The van der Waals surface area contributed by atoms with E-state index in [0.29, 0.717) is 6.54 Å². The van der Waals surface area contributed by atoms with Crippen molar-refractivity contribution in [2.24, 2.45) is 0 Å². The molecule has 4 heteroatoms. The maximum Gasteiger partial charge on any atom is 0.255 e. The number of alkyl halides is 1. The lowest BCUT2D eigenvalue weighted by molar-refractivity contribution is -0.124. The van der Waals surface area contributed by atoms with Crippen LogP contribution in [0.5, 0.6) is 0 Å². The fourth-order valence-electron chi connectivity index (χ4n) is 2.39. The van der Waals surface area contributed by atoms with E-state index in [4.69, 9.17) is 0 Å². The van der Waals surface area contributed by atoms with Crippen molar-refractivity contribution in [2.45, 2.75) is 38.1 Å². The second-order valence-corrected chi connectivity index (χ2v) is 7.45. The van der Waals surface area contributed by atoms with Gasteiger partial charge in [-0.15, -0.1) is 0 Å². The number of halogens is 2. The van der Waals surface area contributed by atoms with Crippen molar-refractivity contribution in [2.75, 3.05) is 0 Å². The molecule has 2 rings (SSSR count). The van der Waals surface area contributed by atoms with Crippen molar-refractivity contribution in [3.63, 3.8) is 0 Å².